The van der Waals surface area contributed by atoms with Gasteiger partial charge in [0.25, 0.3) is 5.91 Å². The lowest BCUT2D eigenvalue weighted by atomic mass is 10.1. The molecule has 0 aromatic heterocycles. The molecular weight excluding hydrogens is 401 g/mol. The molecule has 0 aliphatic carbocycles. The Morgan fingerprint density at radius 1 is 1.21 bits per heavy atom. The van der Waals surface area contributed by atoms with Gasteiger partial charge in [0.2, 0.25) is 5.91 Å². The van der Waals surface area contributed by atoms with Crippen LogP contribution in [0.25, 0.3) is 0 Å². The summed E-state index contributed by atoms with van der Waals surface area (Å²) in [6.07, 6.45) is 0.144. The molecule has 1 unspecified atom stereocenters. The normalized spacial score (nSPS) is 15.4. The molecule has 2 aromatic carbocycles. The summed E-state index contributed by atoms with van der Waals surface area (Å²) in [5.74, 6) is 0.104. The molecule has 0 spiro atoms. The molecule has 0 bridgehead atoms. The van der Waals surface area contributed by atoms with Gasteiger partial charge < -0.3 is 20.3 Å². The second-order valence-electron chi connectivity index (χ2n) is 6.42. The van der Waals surface area contributed by atoms with Gasteiger partial charge in [-0.25, -0.2) is 0 Å². The number of anilines is 2. The van der Waals surface area contributed by atoms with Gasteiger partial charge in [0, 0.05) is 11.6 Å². The highest BCUT2D eigenvalue weighted by Gasteiger charge is 2.31. The summed E-state index contributed by atoms with van der Waals surface area (Å²) < 4.78 is 5.83. The van der Waals surface area contributed by atoms with Crippen molar-refractivity contribution in [2.24, 2.45) is 0 Å². The highest BCUT2D eigenvalue weighted by Crippen LogP contribution is 2.33. The van der Waals surface area contributed by atoms with Crippen LogP contribution in [0.5, 0.6) is 5.75 Å². The van der Waals surface area contributed by atoms with Crippen molar-refractivity contribution < 1.29 is 14.3 Å². The van der Waals surface area contributed by atoms with Gasteiger partial charge in [-0.2, -0.15) is 0 Å². The van der Waals surface area contributed by atoms with Crippen molar-refractivity contribution in [1.29, 1.82) is 0 Å². The number of nitrogens with zero attached hydrogens (tertiary/aromatic N) is 1. The standard InChI is InChI=1S/C20H21Cl2N3O3/c1-2-9-23-20(27)18-11-25(16-5-3-4-6-17(16)28-18)12-19(26)24-15-10-13(21)7-8-14(15)22/h3-8,10,18H,2,9,11-12H2,1H3,(H,23,27)(H,24,26). The molecule has 3 rings (SSSR count). The molecule has 2 N–H and O–H groups in total. The quantitative estimate of drug-likeness (QED) is 0.745. The molecule has 0 saturated carbocycles. The summed E-state index contributed by atoms with van der Waals surface area (Å²) >= 11 is 12.1. The average Bonchev–Trinajstić information content (AvgIpc) is 2.68. The molecule has 0 saturated heterocycles. The van der Waals surface area contributed by atoms with E-state index in [1.165, 1.54) is 0 Å². The number of ether oxygens (including phenoxy) is 1. The van der Waals surface area contributed by atoms with E-state index in [2.05, 4.69) is 10.6 Å². The van der Waals surface area contributed by atoms with Crippen molar-refractivity contribution in [3.8, 4) is 5.75 Å². The molecule has 1 aliphatic rings. The van der Waals surface area contributed by atoms with Crippen LogP contribution in [0.1, 0.15) is 13.3 Å². The number of para-hydroxylation sites is 2. The first-order chi connectivity index (χ1) is 13.5. The van der Waals surface area contributed by atoms with E-state index in [1.54, 1.807) is 24.3 Å². The predicted molar refractivity (Wildman–Crippen MR) is 111 cm³/mol. The number of halogens is 2. The second kappa shape index (κ2) is 9.17. The Hall–Kier alpha value is -2.44. The van der Waals surface area contributed by atoms with E-state index in [0.717, 1.165) is 12.1 Å². The molecule has 1 aliphatic heterocycles. The van der Waals surface area contributed by atoms with Crippen LogP contribution in [0.2, 0.25) is 10.0 Å². The first kappa shape index (κ1) is 20.3. The number of hydrogen-bond acceptors (Lipinski definition) is 4. The van der Waals surface area contributed by atoms with E-state index in [9.17, 15) is 9.59 Å². The van der Waals surface area contributed by atoms with Crippen molar-refractivity contribution in [3.63, 3.8) is 0 Å². The summed E-state index contributed by atoms with van der Waals surface area (Å²) in [7, 11) is 0. The molecule has 1 heterocycles. The third-order valence-corrected chi connectivity index (χ3v) is 4.80. The predicted octanol–water partition coefficient (Wildman–Crippen LogP) is 3.73. The topological polar surface area (TPSA) is 70.7 Å². The van der Waals surface area contributed by atoms with E-state index in [4.69, 9.17) is 27.9 Å². The van der Waals surface area contributed by atoms with Crippen LogP contribution >= 0.6 is 23.2 Å². The maximum Gasteiger partial charge on any atom is 0.262 e. The zero-order chi connectivity index (χ0) is 20.1. The monoisotopic (exact) mass is 421 g/mol. The van der Waals surface area contributed by atoms with Gasteiger partial charge in [0.15, 0.2) is 6.10 Å². The van der Waals surface area contributed by atoms with Gasteiger partial charge in [0.1, 0.15) is 5.75 Å². The van der Waals surface area contributed by atoms with Crippen LogP contribution < -0.4 is 20.3 Å². The van der Waals surface area contributed by atoms with E-state index >= 15 is 0 Å². The van der Waals surface area contributed by atoms with E-state index in [0.29, 0.717) is 28.0 Å². The zero-order valence-electron chi connectivity index (χ0n) is 15.4. The van der Waals surface area contributed by atoms with Gasteiger partial charge in [-0.05, 0) is 36.8 Å². The lowest BCUT2D eigenvalue weighted by Crippen LogP contribution is -2.50. The number of amides is 2. The van der Waals surface area contributed by atoms with E-state index < -0.39 is 6.10 Å². The summed E-state index contributed by atoms with van der Waals surface area (Å²) in [6, 6.07) is 12.2. The lowest BCUT2D eigenvalue weighted by molar-refractivity contribution is -0.128. The number of hydrogen-bond donors (Lipinski definition) is 2. The summed E-state index contributed by atoms with van der Waals surface area (Å²) in [6.45, 7) is 2.87. The van der Waals surface area contributed by atoms with Crippen LogP contribution in [-0.2, 0) is 9.59 Å². The largest absolute Gasteiger partial charge is 0.477 e. The van der Waals surface area contributed by atoms with Crippen molar-refractivity contribution in [2.75, 3.05) is 29.9 Å². The Balaban J connectivity index is 1.74. The smallest absolute Gasteiger partial charge is 0.262 e. The fourth-order valence-electron chi connectivity index (χ4n) is 2.91. The van der Waals surface area contributed by atoms with Gasteiger partial charge in [-0.3, -0.25) is 9.59 Å². The fraction of sp³-hybridized carbons (Fsp3) is 0.300. The molecule has 28 heavy (non-hydrogen) atoms. The maximum atomic E-state index is 12.6. The Kier molecular flexibility index (Phi) is 6.65. The Bertz CT molecular complexity index is 876. The highest BCUT2D eigenvalue weighted by molar-refractivity contribution is 6.35. The number of carbonyl (C=O) groups is 2. The average molecular weight is 422 g/mol. The van der Waals surface area contributed by atoms with Gasteiger partial charge in [0.05, 0.1) is 29.5 Å². The van der Waals surface area contributed by atoms with Crippen LogP contribution in [0, 0.1) is 0 Å². The molecule has 1 atom stereocenters. The number of benzene rings is 2. The van der Waals surface area contributed by atoms with Crippen LogP contribution in [0.15, 0.2) is 42.5 Å². The molecule has 8 heteroatoms. The SMILES string of the molecule is CCCNC(=O)C1CN(CC(=O)Nc2cc(Cl)ccc2Cl)c2ccccc2O1. The van der Waals surface area contributed by atoms with E-state index in [-0.39, 0.29) is 24.9 Å². The number of fused-ring (bicyclic) bond motifs is 1. The molecule has 6 nitrogen and oxygen atoms in total. The van der Waals surface area contributed by atoms with Crippen LogP contribution in [-0.4, -0.2) is 37.6 Å². The summed E-state index contributed by atoms with van der Waals surface area (Å²) in [5.41, 5.74) is 1.20. The van der Waals surface area contributed by atoms with Crippen molar-refractivity contribution >= 4 is 46.4 Å². The molecule has 2 amide bonds. The first-order valence-electron chi connectivity index (χ1n) is 9.01. The van der Waals surface area contributed by atoms with Crippen LogP contribution in [0.4, 0.5) is 11.4 Å². The first-order valence-corrected chi connectivity index (χ1v) is 9.76. The minimum atomic E-state index is -0.691. The Morgan fingerprint density at radius 2 is 2.00 bits per heavy atom. The van der Waals surface area contributed by atoms with Crippen molar-refractivity contribution in [2.45, 2.75) is 19.4 Å². The summed E-state index contributed by atoms with van der Waals surface area (Å²) in [5, 5.41) is 6.48. The van der Waals surface area contributed by atoms with Gasteiger partial charge in [-0.15, -0.1) is 0 Å². The zero-order valence-corrected chi connectivity index (χ0v) is 16.9. The second-order valence-corrected chi connectivity index (χ2v) is 7.26. The minimum Gasteiger partial charge on any atom is -0.477 e. The van der Waals surface area contributed by atoms with E-state index in [1.807, 2.05) is 30.0 Å². The van der Waals surface area contributed by atoms with Gasteiger partial charge >= 0.3 is 0 Å². The third kappa shape index (κ3) is 4.88. The van der Waals surface area contributed by atoms with Crippen molar-refractivity contribution in [3.05, 3.63) is 52.5 Å². The number of rotatable bonds is 6. The highest BCUT2D eigenvalue weighted by atomic mass is 35.5. The molecule has 0 fully saturated rings. The fourth-order valence-corrected chi connectivity index (χ4v) is 3.25. The van der Waals surface area contributed by atoms with Crippen molar-refractivity contribution in [1.82, 2.24) is 5.32 Å². The van der Waals surface area contributed by atoms with Crippen LogP contribution in [0.3, 0.4) is 0 Å². The minimum absolute atomic E-state index is 0.0424. The molecule has 2 aromatic rings. The van der Waals surface area contributed by atoms with Gasteiger partial charge in [-0.1, -0.05) is 42.3 Å². The number of carbonyl (C=O) groups excluding carboxylic acids is 2. The maximum absolute atomic E-state index is 12.6. The third-order valence-electron chi connectivity index (χ3n) is 4.24. The summed E-state index contributed by atoms with van der Waals surface area (Å²) in [4.78, 5) is 26.8. The Morgan fingerprint density at radius 3 is 2.79 bits per heavy atom. The molecular formula is C20H21Cl2N3O3. The molecule has 0 radical (unpaired) electrons. The Labute approximate surface area is 173 Å². The number of nitrogens with one attached hydrogen (secondary N) is 2. The molecule has 148 valence electrons. The lowest BCUT2D eigenvalue weighted by Gasteiger charge is -2.35.